The van der Waals surface area contributed by atoms with E-state index in [4.69, 9.17) is 5.11 Å². The van der Waals surface area contributed by atoms with E-state index in [2.05, 4.69) is 10.6 Å². The fourth-order valence-corrected chi connectivity index (χ4v) is 2.85. The normalized spacial score (nSPS) is 14.3. The van der Waals surface area contributed by atoms with Crippen LogP contribution in [0.25, 0.3) is 0 Å². The molecule has 0 spiro atoms. The SMILES string of the molecule is Cc1cc(C(=O)O)cc(C(=O)NC(C)c2ccc(NC(=O)C3CC3)cc2)c1. The molecule has 3 N–H and O–H groups in total. The number of amides is 2. The van der Waals surface area contributed by atoms with Crippen molar-refractivity contribution in [1.29, 1.82) is 0 Å². The third-order valence-electron chi connectivity index (χ3n) is 4.56. The summed E-state index contributed by atoms with van der Waals surface area (Å²) < 4.78 is 0. The Hall–Kier alpha value is -3.15. The number of carboxylic acids is 1. The number of nitrogens with one attached hydrogen (secondary N) is 2. The van der Waals surface area contributed by atoms with Crippen molar-refractivity contribution < 1.29 is 19.5 Å². The number of hydrogen-bond acceptors (Lipinski definition) is 3. The van der Waals surface area contributed by atoms with Crippen LogP contribution in [0.2, 0.25) is 0 Å². The van der Waals surface area contributed by atoms with Gasteiger partial charge in [-0.2, -0.15) is 0 Å². The minimum absolute atomic E-state index is 0.0535. The van der Waals surface area contributed by atoms with Crippen molar-refractivity contribution in [2.45, 2.75) is 32.7 Å². The summed E-state index contributed by atoms with van der Waals surface area (Å²) in [5.41, 5.74) is 2.73. The molecule has 1 unspecified atom stereocenters. The average molecular weight is 366 g/mol. The fraction of sp³-hybridized carbons (Fsp3) is 0.286. The summed E-state index contributed by atoms with van der Waals surface area (Å²) in [5.74, 6) is -1.20. The zero-order chi connectivity index (χ0) is 19.6. The van der Waals surface area contributed by atoms with Crippen molar-refractivity contribution in [2.24, 2.45) is 5.92 Å². The van der Waals surface area contributed by atoms with E-state index in [0.717, 1.165) is 24.1 Å². The molecule has 6 heteroatoms. The Morgan fingerprint density at radius 3 is 2.26 bits per heavy atom. The maximum atomic E-state index is 12.5. The lowest BCUT2D eigenvalue weighted by Gasteiger charge is -2.16. The highest BCUT2D eigenvalue weighted by atomic mass is 16.4. The van der Waals surface area contributed by atoms with Crippen molar-refractivity contribution in [2.75, 3.05) is 5.32 Å². The van der Waals surface area contributed by atoms with Gasteiger partial charge in [-0.25, -0.2) is 4.79 Å². The monoisotopic (exact) mass is 366 g/mol. The molecule has 6 nitrogen and oxygen atoms in total. The van der Waals surface area contributed by atoms with Crippen molar-refractivity contribution in [3.63, 3.8) is 0 Å². The Kier molecular flexibility index (Phi) is 5.26. The zero-order valence-corrected chi connectivity index (χ0v) is 15.3. The first-order valence-corrected chi connectivity index (χ1v) is 8.90. The van der Waals surface area contributed by atoms with Crippen molar-refractivity contribution in [1.82, 2.24) is 5.32 Å². The number of rotatable bonds is 6. The number of carbonyl (C=O) groups is 3. The van der Waals surface area contributed by atoms with Gasteiger partial charge in [-0.1, -0.05) is 12.1 Å². The largest absolute Gasteiger partial charge is 0.478 e. The fourth-order valence-electron chi connectivity index (χ4n) is 2.85. The van der Waals surface area contributed by atoms with E-state index < -0.39 is 5.97 Å². The highest BCUT2D eigenvalue weighted by Crippen LogP contribution is 2.30. The van der Waals surface area contributed by atoms with Crippen LogP contribution in [0, 0.1) is 12.8 Å². The Morgan fingerprint density at radius 2 is 1.67 bits per heavy atom. The van der Waals surface area contributed by atoms with E-state index in [-0.39, 0.29) is 29.3 Å². The van der Waals surface area contributed by atoms with E-state index in [1.807, 2.05) is 31.2 Å². The molecule has 3 rings (SSSR count). The third-order valence-corrected chi connectivity index (χ3v) is 4.56. The van der Waals surface area contributed by atoms with Crippen LogP contribution in [0.1, 0.15) is 57.7 Å². The second-order valence-corrected chi connectivity index (χ2v) is 6.97. The molecule has 0 aliphatic heterocycles. The summed E-state index contributed by atoms with van der Waals surface area (Å²) in [5, 5.41) is 14.9. The van der Waals surface area contributed by atoms with Gasteiger partial charge in [-0.3, -0.25) is 9.59 Å². The van der Waals surface area contributed by atoms with Gasteiger partial charge < -0.3 is 15.7 Å². The molecule has 2 amide bonds. The molecule has 0 aromatic heterocycles. The smallest absolute Gasteiger partial charge is 0.335 e. The zero-order valence-electron chi connectivity index (χ0n) is 15.3. The molecule has 1 aliphatic carbocycles. The molecule has 0 heterocycles. The van der Waals surface area contributed by atoms with Crippen LogP contribution in [0.5, 0.6) is 0 Å². The van der Waals surface area contributed by atoms with E-state index >= 15 is 0 Å². The standard InChI is InChI=1S/C21H22N2O4/c1-12-9-16(11-17(10-12)21(26)27)20(25)22-13(2)14-5-7-18(8-6-14)23-19(24)15-3-4-15/h5-11,13,15H,3-4H2,1-2H3,(H,22,25)(H,23,24)(H,26,27). The molecule has 1 saturated carbocycles. The second kappa shape index (κ2) is 7.61. The average Bonchev–Trinajstić information content (AvgIpc) is 3.46. The number of carboxylic acid groups (broad SMARTS) is 1. The van der Waals surface area contributed by atoms with Crippen molar-refractivity contribution >= 4 is 23.5 Å². The van der Waals surface area contributed by atoms with Gasteiger partial charge in [-0.05, 0) is 68.1 Å². The maximum Gasteiger partial charge on any atom is 0.335 e. The first-order valence-electron chi connectivity index (χ1n) is 8.90. The maximum absolute atomic E-state index is 12.5. The van der Waals surface area contributed by atoms with E-state index in [0.29, 0.717) is 11.1 Å². The van der Waals surface area contributed by atoms with Crippen LogP contribution >= 0.6 is 0 Å². The molecule has 0 radical (unpaired) electrons. The lowest BCUT2D eigenvalue weighted by molar-refractivity contribution is -0.117. The van der Waals surface area contributed by atoms with Gasteiger partial charge in [-0.15, -0.1) is 0 Å². The quantitative estimate of drug-likeness (QED) is 0.729. The number of hydrogen-bond donors (Lipinski definition) is 3. The summed E-state index contributed by atoms with van der Waals surface area (Å²) in [6, 6.07) is 11.6. The number of carbonyl (C=O) groups excluding carboxylic acids is 2. The Morgan fingerprint density at radius 1 is 1.04 bits per heavy atom. The van der Waals surface area contributed by atoms with E-state index in [1.54, 1.807) is 13.0 Å². The van der Waals surface area contributed by atoms with Gasteiger partial charge >= 0.3 is 5.97 Å². The lowest BCUT2D eigenvalue weighted by Crippen LogP contribution is -2.27. The molecule has 2 aromatic rings. The number of anilines is 1. The third kappa shape index (κ3) is 4.73. The lowest BCUT2D eigenvalue weighted by atomic mass is 10.0. The highest BCUT2D eigenvalue weighted by molar-refractivity contribution is 5.98. The molecular formula is C21H22N2O4. The van der Waals surface area contributed by atoms with E-state index in [9.17, 15) is 14.4 Å². The highest BCUT2D eigenvalue weighted by Gasteiger charge is 2.29. The van der Waals surface area contributed by atoms with Crippen LogP contribution < -0.4 is 10.6 Å². The molecule has 27 heavy (non-hydrogen) atoms. The molecule has 1 fully saturated rings. The first kappa shape index (κ1) is 18.6. The van der Waals surface area contributed by atoms with Crippen LogP contribution in [0.3, 0.4) is 0 Å². The summed E-state index contributed by atoms with van der Waals surface area (Å²) in [4.78, 5) is 35.4. The summed E-state index contributed by atoms with van der Waals surface area (Å²) in [7, 11) is 0. The summed E-state index contributed by atoms with van der Waals surface area (Å²) >= 11 is 0. The molecule has 0 saturated heterocycles. The van der Waals surface area contributed by atoms with Crippen LogP contribution in [0.15, 0.2) is 42.5 Å². The topological polar surface area (TPSA) is 95.5 Å². The predicted molar refractivity (Wildman–Crippen MR) is 102 cm³/mol. The Bertz CT molecular complexity index is 886. The molecule has 1 aliphatic rings. The number of aryl methyl sites for hydroxylation is 1. The molecule has 1 atom stereocenters. The number of aromatic carboxylic acids is 1. The van der Waals surface area contributed by atoms with Gasteiger partial charge in [0.15, 0.2) is 0 Å². The predicted octanol–water partition coefficient (Wildman–Crippen LogP) is 3.53. The number of benzene rings is 2. The van der Waals surface area contributed by atoms with Gasteiger partial charge in [0.25, 0.3) is 5.91 Å². The van der Waals surface area contributed by atoms with Crippen LogP contribution in [-0.2, 0) is 4.79 Å². The summed E-state index contributed by atoms with van der Waals surface area (Å²) in [6.07, 6.45) is 1.91. The minimum Gasteiger partial charge on any atom is -0.478 e. The molecule has 2 aromatic carbocycles. The van der Waals surface area contributed by atoms with Crippen LogP contribution in [-0.4, -0.2) is 22.9 Å². The Balaban J connectivity index is 1.65. The molecular weight excluding hydrogens is 344 g/mol. The van der Waals surface area contributed by atoms with E-state index in [1.165, 1.54) is 12.1 Å². The molecule has 0 bridgehead atoms. The summed E-state index contributed by atoms with van der Waals surface area (Å²) in [6.45, 7) is 3.60. The molecule has 140 valence electrons. The van der Waals surface area contributed by atoms with Crippen LogP contribution in [0.4, 0.5) is 5.69 Å². The second-order valence-electron chi connectivity index (χ2n) is 6.97. The van der Waals surface area contributed by atoms with Gasteiger partial charge in [0, 0.05) is 17.2 Å². The van der Waals surface area contributed by atoms with Gasteiger partial charge in [0.1, 0.15) is 0 Å². The minimum atomic E-state index is -1.07. The Labute approximate surface area is 157 Å². The van der Waals surface area contributed by atoms with Gasteiger partial charge in [0.05, 0.1) is 11.6 Å². The first-order chi connectivity index (χ1) is 12.8. The van der Waals surface area contributed by atoms with Gasteiger partial charge in [0.2, 0.25) is 5.91 Å². The van der Waals surface area contributed by atoms with Crippen molar-refractivity contribution in [3.8, 4) is 0 Å². The van der Waals surface area contributed by atoms with Crippen molar-refractivity contribution in [3.05, 3.63) is 64.7 Å².